The van der Waals surface area contributed by atoms with E-state index in [9.17, 15) is 15.2 Å². The van der Waals surface area contributed by atoms with Crippen molar-refractivity contribution in [3.63, 3.8) is 0 Å². The fourth-order valence-corrected chi connectivity index (χ4v) is 2.60. The van der Waals surface area contributed by atoms with Gasteiger partial charge in [0.2, 0.25) is 0 Å². The van der Waals surface area contributed by atoms with E-state index >= 15 is 0 Å². The van der Waals surface area contributed by atoms with E-state index in [0.717, 1.165) is 10.9 Å². The van der Waals surface area contributed by atoms with Gasteiger partial charge in [0.1, 0.15) is 18.4 Å². The third kappa shape index (κ3) is 4.76. The Bertz CT molecular complexity index is 932. The Hall–Kier alpha value is -3.08. The monoisotopic (exact) mass is 370 g/mol. The third-order valence-electron chi connectivity index (χ3n) is 4.03. The van der Waals surface area contributed by atoms with Gasteiger partial charge in [0.15, 0.2) is 0 Å². The highest BCUT2D eigenvalue weighted by Crippen LogP contribution is 2.28. The molecule has 0 aliphatic heterocycles. The normalized spacial score (nSPS) is 13.4. The second kappa shape index (κ2) is 9.03. The van der Waals surface area contributed by atoms with E-state index in [1.807, 2.05) is 6.07 Å². The van der Waals surface area contributed by atoms with Gasteiger partial charge in [-0.2, -0.15) is 5.26 Å². The summed E-state index contributed by atoms with van der Waals surface area (Å²) in [6.07, 6.45) is 3.56. The number of rotatable bonds is 8. The lowest BCUT2D eigenvalue weighted by Gasteiger charge is -2.08. The molecule has 0 spiro atoms. The van der Waals surface area contributed by atoms with Gasteiger partial charge in [-0.25, -0.2) is 4.79 Å². The molecule has 0 amide bonds. The summed E-state index contributed by atoms with van der Waals surface area (Å²) in [6.45, 7) is 4.06. The van der Waals surface area contributed by atoms with Crippen LogP contribution in [0.2, 0.25) is 0 Å². The van der Waals surface area contributed by atoms with Crippen molar-refractivity contribution in [3.05, 3.63) is 47.7 Å². The number of fused-ring (bicyclic) bond motifs is 1. The number of hydrogen-bond donors (Lipinski definition) is 2. The van der Waals surface area contributed by atoms with Crippen molar-refractivity contribution in [2.24, 2.45) is 0 Å². The molecule has 2 N–H and O–H groups in total. The number of methoxy groups -OCH3 is 1. The molecule has 1 aromatic heterocycles. The number of carboxylic acid groups (broad SMARTS) is 1. The number of ether oxygens (including phenoxy) is 2. The number of aromatic nitrogens is 1. The Morgan fingerprint density at radius 1 is 1.37 bits per heavy atom. The first-order valence-corrected chi connectivity index (χ1v) is 8.36. The predicted molar refractivity (Wildman–Crippen MR) is 101 cm³/mol. The molecule has 0 aliphatic rings. The van der Waals surface area contributed by atoms with Gasteiger partial charge in [-0.3, -0.25) is 0 Å². The smallest absolute Gasteiger partial charge is 0.334 e. The number of benzene rings is 1. The van der Waals surface area contributed by atoms with Crippen LogP contribution in [0, 0.1) is 11.3 Å². The molecule has 1 heterocycles. The summed E-state index contributed by atoms with van der Waals surface area (Å²) in [4.78, 5) is 11.2. The van der Waals surface area contributed by atoms with Crippen molar-refractivity contribution in [1.29, 1.82) is 5.26 Å². The Kier molecular flexibility index (Phi) is 6.77. The average molecular weight is 370 g/mol. The first-order chi connectivity index (χ1) is 12.9. The van der Waals surface area contributed by atoms with E-state index in [0.29, 0.717) is 30.2 Å². The van der Waals surface area contributed by atoms with Crippen LogP contribution in [0.4, 0.5) is 0 Å². The second-order valence-corrected chi connectivity index (χ2v) is 5.96. The molecule has 0 saturated carbocycles. The largest absolute Gasteiger partial charge is 0.491 e. The summed E-state index contributed by atoms with van der Waals surface area (Å²) >= 11 is 0. The molecule has 27 heavy (non-hydrogen) atoms. The average Bonchev–Trinajstić information content (AvgIpc) is 2.99. The molecule has 1 unspecified atom stereocenters. The number of carbonyl (C=O) groups is 1. The molecular formula is C20H22N2O5. The van der Waals surface area contributed by atoms with Gasteiger partial charge < -0.3 is 24.3 Å². The summed E-state index contributed by atoms with van der Waals surface area (Å²) in [5.74, 6) is -0.542. The minimum atomic E-state index is -1.18. The van der Waals surface area contributed by atoms with Crippen LogP contribution in [0.3, 0.4) is 0 Å². The summed E-state index contributed by atoms with van der Waals surface area (Å²) in [6, 6.07) is 7.60. The van der Waals surface area contributed by atoms with Gasteiger partial charge in [0.05, 0.1) is 29.4 Å². The van der Waals surface area contributed by atoms with Crippen LogP contribution < -0.4 is 4.74 Å². The van der Waals surface area contributed by atoms with E-state index < -0.39 is 12.1 Å². The molecule has 1 aromatic carbocycles. The van der Waals surface area contributed by atoms with Gasteiger partial charge in [-0.05, 0) is 44.2 Å². The molecule has 0 bridgehead atoms. The minimum Gasteiger partial charge on any atom is -0.491 e. The van der Waals surface area contributed by atoms with Crippen molar-refractivity contribution in [2.75, 3.05) is 20.3 Å². The number of carboxylic acids is 1. The van der Waals surface area contributed by atoms with Gasteiger partial charge in [-0.1, -0.05) is 0 Å². The lowest BCUT2D eigenvalue weighted by atomic mass is 10.1. The summed E-state index contributed by atoms with van der Waals surface area (Å²) in [5.41, 5.74) is 1.86. The lowest BCUT2D eigenvalue weighted by Crippen LogP contribution is -2.13. The van der Waals surface area contributed by atoms with Crippen LogP contribution in [0.15, 0.2) is 42.1 Å². The Labute approximate surface area is 157 Å². The van der Waals surface area contributed by atoms with Crippen molar-refractivity contribution in [2.45, 2.75) is 20.0 Å². The Balaban J connectivity index is 2.44. The molecule has 142 valence electrons. The first kappa shape index (κ1) is 20.2. The van der Waals surface area contributed by atoms with Crippen LogP contribution in [-0.4, -0.2) is 47.2 Å². The highest BCUT2D eigenvalue weighted by molar-refractivity contribution is 5.91. The van der Waals surface area contributed by atoms with E-state index in [4.69, 9.17) is 14.6 Å². The van der Waals surface area contributed by atoms with Gasteiger partial charge in [0.25, 0.3) is 0 Å². The van der Waals surface area contributed by atoms with E-state index in [1.165, 1.54) is 13.0 Å². The number of allylic oxidation sites excluding steroid dienone is 3. The van der Waals surface area contributed by atoms with Crippen LogP contribution >= 0.6 is 0 Å². The molecule has 2 rings (SSSR count). The van der Waals surface area contributed by atoms with E-state index in [1.54, 1.807) is 43.0 Å². The number of aliphatic carboxylic acids is 1. The topological polar surface area (TPSA) is 105 Å². The molecule has 1 atom stereocenters. The molecule has 0 radical (unpaired) electrons. The van der Waals surface area contributed by atoms with Gasteiger partial charge in [-0.15, -0.1) is 0 Å². The SMILES string of the molecule is COCCOc1ccc2c(c1)c(C#N)cn2/C(C)=C/C=C(/C(=O)O)C(C)O. The van der Waals surface area contributed by atoms with Gasteiger partial charge >= 0.3 is 5.97 Å². The Morgan fingerprint density at radius 2 is 2.11 bits per heavy atom. The molecule has 2 aromatic rings. The van der Waals surface area contributed by atoms with Crippen LogP contribution in [-0.2, 0) is 9.53 Å². The zero-order chi connectivity index (χ0) is 20.0. The fraction of sp³-hybridized carbons (Fsp3) is 0.300. The van der Waals surface area contributed by atoms with Crippen molar-refractivity contribution >= 4 is 22.6 Å². The minimum absolute atomic E-state index is 0.111. The number of aliphatic hydroxyl groups excluding tert-OH is 1. The summed E-state index contributed by atoms with van der Waals surface area (Å²) in [5, 5.41) is 28.8. The van der Waals surface area contributed by atoms with Crippen molar-refractivity contribution < 1.29 is 24.5 Å². The first-order valence-electron chi connectivity index (χ1n) is 8.36. The van der Waals surface area contributed by atoms with Crippen LogP contribution in [0.5, 0.6) is 5.75 Å². The zero-order valence-corrected chi connectivity index (χ0v) is 15.5. The maximum Gasteiger partial charge on any atom is 0.334 e. The van der Waals surface area contributed by atoms with E-state index in [2.05, 4.69) is 6.07 Å². The predicted octanol–water partition coefficient (Wildman–Crippen LogP) is 2.79. The molecule has 7 nitrogen and oxygen atoms in total. The highest BCUT2D eigenvalue weighted by atomic mass is 16.5. The molecule has 7 heteroatoms. The van der Waals surface area contributed by atoms with E-state index in [-0.39, 0.29) is 5.57 Å². The number of hydrogen-bond acceptors (Lipinski definition) is 5. The second-order valence-electron chi connectivity index (χ2n) is 5.96. The lowest BCUT2D eigenvalue weighted by molar-refractivity contribution is -0.133. The van der Waals surface area contributed by atoms with Crippen molar-refractivity contribution in [1.82, 2.24) is 4.57 Å². The van der Waals surface area contributed by atoms with Crippen molar-refractivity contribution in [3.8, 4) is 11.8 Å². The highest BCUT2D eigenvalue weighted by Gasteiger charge is 2.13. The number of nitrogens with zero attached hydrogens (tertiary/aromatic N) is 2. The Morgan fingerprint density at radius 3 is 2.70 bits per heavy atom. The molecular weight excluding hydrogens is 348 g/mol. The molecule has 0 aliphatic carbocycles. The maximum atomic E-state index is 11.2. The molecule has 0 saturated heterocycles. The standard InChI is InChI=1S/C20H22N2O5/c1-13(4-6-17(14(2)23)20(24)25)22-12-15(11-21)18-10-16(5-7-19(18)22)27-9-8-26-3/h4-7,10,12,14,23H,8-9H2,1-3H3,(H,24,25)/b13-4+,17-6+. The summed E-state index contributed by atoms with van der Waals surface area (Å²) < 4.78 is 12.3. The molecule has 0 fully saturated rings. The number of nitriles is 1. The van der Waals surface area contributed by atoms with Gasteiger partial charge in [0, 0.05) is 24.4 Å². The summed E-state index contributed by atoms with van der Waals surface area (Å²) in [7, 11) is 1.59. The van der Waals surface area contributed by atoms with Crippen LogP contribution in [0.1, 0.15) is 19.4 Å². The maximum absolute atomic E-state index is 11.2. The number of aliphatic hydroxyl groups is 1. The quantitative estimate of drug-likeness (QED) is 0.421. The third-order valence-corrected chi connectivity index (χ3v) is 4.03. The van der Waals surface area contributed by atoms with Crippen LogP contribution in [0.25, 0.3) is 16.6 Å². The fourth-order valence-electron chi connectivity index (χ4n) is 2.60. The zero-order valence-electron chi connectivity index (χ0n) is 15.5.